The van der Waals surface area contributed by atoms with Crippen LogP contribution in [0.4, 0.5) is 17.6 Å². The monoisotopic (exact) mass is 272 g/mol. The Kier molecular flexibility index (Phi) is 3.13. The molecule has 0 spiro atoms. The van der Waals surface area contributed by atoms with Crippen molar-refractivity contribution in [1.82, 2.24) is 9.55 Å². The van der Waals surface area contributed by atoms with Crippen molar-refractivity contribution in [2.24, 2.45) is 7.05 Å². The van der Waals surface area contributed by atoms with Gasteiger partial charge in [0.2, 0.25) is 0 Å². The van der Waals surface area contributed by atoms with Gasteiger partial charge in [0.1, 0.15) is 17.2 Å². The van der Waals surface area contributed by atoms with Gasteiger partial charge in [0.15, 0.2) is 0 Å². The van der Waals surface area contributed by atoms with Crippen molar-refractivity contribution in [3.05, 3.63) is 52.3 Å². The summed E-state index contributed by atoms with van der Waals surface area (Å²) < 4.78 is 50.9. The number of nitrogens with zero attached hydrogens (tertiary/aromatic N) is 2. The topological polar surface area (TPSA) is 34.9 Å². The van der Waals surface area contributed by atoms with Crippen molar-refractivity contribution < 1.29 is 17.6 Å². The van der Waals surface area contributed by atoms with E-state index in [2.05, 4.69) is 4.98 Å². The van der Waals surface area contributed by atoms with Gasteiger partial charge >= 0.3 is 6.18 Å². The first-order chi connectivity index (χ1) is 8.80. The molecule has 1 aromatic heterocycles. The van der Waals surface area contributed by atoms with Crippen LogP contribution < -0.4 is 5.56 Å². The molecule has 2 rings (SSSR count). The van der Waals surface area contributed by atoms with Gasteiger partial charge in [0.25, 0.3) is 5.56 Å². The summed E-state index contributed by atoms with van der Waals surface area (Å²) in [6.07, 6.45) is -4.07. The number of alkyl halides is 3. The number of hydrogen-bond donors (Lipinski definition) is 0. The molecule has 0 amide bonds. The van der Waals surface area contributed by atoms with Crippen molar-refractivity contribution in [3.63, 3.8) is 0 Å². The lowest BCUT2D eigenvalue weighted by Gasteiger charge is -2.12. The summed E-state index contributed by atoms with van der Waals surface area (Å²) in [4.78, 5) is 15.4. The minimum atomic E-state index is -4.65. The molecule has 0 fully saturated rings. The van der Waals surface area contributed by atoms with Gasteiger partial charge in [-0.2, -0.15) is 13.2 Å². The first-order valence-corrected chi connectivity index (χ1v) is 5.20. The number of aromatic nitrogens is 2. The summed E-state index contributed by atoms with van der Waals surface area (Å²) in [6, 6.07) is 4.78. The Hall–Kier alpha value is -2.18. The summed E-state index contributed by atoms with van der Waals surface area (Å²) >= 11 is 0. The second-order valence-corrected chi connectivity index (χ2v) is 3.86. The van der Waals surface area contributed by atoms with Crippen molar-refractivity contribution in [1.29, 1.82) is 0 Å². The van der Waals surface area contributed by atoms with Gasteiger partial charge < -0.3 is 4.57 Å². The van der Waals surface area contributed by atoms with Gasteiger partial charge in [0.05, 0.1) is 6.20 Å². The molecule has 0 unspecified atom stereocenters. The van der Waals surface area contributed by atoms with E-state index in [9.17, 15) is 22.4 Å². The standard InChI is InChI=1S/C12H8F4N2O/c1-18-9(12(14,15)16)6-17-10(11(18)19)7-2-4-8(13)5-3-7/h2-6H,1H3. The van der Waals surface area contributed by atoms with E-state index in [0.717, 1.165) is 19.2 Å². The van der Waals surface area contributed by atoms with Crippen LogP contribution in [0.15, 0.2) is 35.3 Å². The van der Waals surface area contributed by atoms with Crippen LogP contribution in [0, 0.1) is 5.82 Å². The number of rotatable bonds is 1. The van der Waals surface area contributed by atoms with Crippen LogP contribution in [0.25, 0.3) is 11.3 Å². The zero-order valence-electron chi connectivity index (χ0n) is 9.70. The molecular weight excluding hydrogens is 264 g/mol. The minimum absolute atomic E-state index is 0.157. The molecule has 0 atom stereocenters. The molecule has 100 valence electrons. The predicted molar refractivity (Wildman–Crippen MR) is 59.9 cm³/mol. The van der Waals surface area contributed by atoms with Crippen LogP contribution in [-0.2, 0) is 13.2 Å². The van der Waals surface area contributed by atoms with E-state index in [1.54, 1.807) is 0 Å². The van der Waals surface area contributed by atoms with E-state index in [0.29, 0.717) is 10.8 Å². The largest absolute Gasteiger partial charge is 0.433 e. The van der Waals surface area contributed by atoms with Gasteiger partial charge in [-0.25, -0.2) is 9.37 Å². The molecule has 2 aromatic rings. The third-order valence-corrected chi connectivity index (χ3v) is 2.59. The Balaban J connectivity index is 2.60. The van der Waals surface area contributed by atoms with Crippen LogP contribution >= 0.6 is 0 Å². The Bertz CT molecular complexity index is 659. The van der Waals surface area contributed by atoms with Crippen LogP contribution in [0.2, 0.25) is 0 Å². The number of hydrogen-bond acceptors (Lipinski definition) is 2. The summed E-state index contributed by atoms with van der Waals surface area (Å²) in [6.45, 7) is 0. The summed E-state index contributed by atoms with van der Waals surface area (Å²) in [5.41, 5.74) is -1.92. The highest BCUT2D eigenvalue weighted by Gasteiger charge is 2.34. The first-order valence-electron chi connectivity index (χ1n) is 5.20. The molecule has 0 aliphatic rings. The molecule has 0 radical (unpaired) electrons. The Morgan fingerprint density at radius 3 is 2.26 bits per heavy atom. The van der Waals surface area contributed by atoms with Crippen LogP contribution in [0.5, 0.6) is 0 Å². The van der Waals surface area contributed by atoms with E-state index >= 15 is 0 Å². The zero-order chi connectivity index (χ0) is 14.2. The minimum Gasteiger partial charge on any atom is -0.304 e. The Labute approximate surface area is 105 Å². The quantitative estimate of drug-likeness (QED) is 0.748. The number of benzene rings is 1. The van der Waals surface area contributed by atoms with Crippen molar-refractivity contribution in [2.45, 2.75) is 6.18 Å². The SMILES string of the molecule is Cn1c(C(F)(F)F)cnc(-c2ccc(F)cc2)c1=O. The second-order valence-electron chi connectivity index (χ2n) is 3.86. The molecule has 0 aliphatic carbocycles. The summed E-state index contributed by atoms with van der Waals surface area (Å²) in [7, 11) is 1.01. The molecule has 0 saturated carbocycles. The van der Waals surface area contributed by atoms with Gasteiger partial charge in [-0.05, 0) is 24.3 Å². The highest BCUT2D eigenvalue weighted by Crippen LogP contribution is 2.28. The Morgan fingerprint density at radius 2 is 1.74 bits per heavy atom. The van der Waals surface area contributed by atoms with Gasteiger partial charge in [-0.1, -0.05) is 0 Å². The van der Waals surface area contributed by atoms with Crippen LogP contribution in [-0.4, -0.2) is 9.55 Å². The molecule has 3 nitrogen and oxygen atoms in total. The highest BCUT2D eigenvalue weighted by atomic mass is 19.4. The fourth-order valence-electron chi connectivity index (χ4n) is 1.60. The average molecular weight is 272 g/mol. The molecule has 0 N–H and O–H groups in total. The maximum absolute atomic E-state index is 12.8. The fraction of sp³-hybridized carbons (Fsp3) is 0.167. The third kappa shape index (κ3) is 2.49. The fourth-order valence-corrected chi connectivity index (χ4v) is 1.60. The first kappa shape index (κ1) is 13.3. The van der Waals surface area contributed by atoms with E-state index < -0.39 is 23.2 Å². The average Bonchev–Trinajstić information content (AvgIpc) is 2.32. The highest BCUT2D eigenvalue weighted by molar-refractivity contribution is 5.57. The molecule has 1 aromatic carbocycles. The molecule has 1 heterocycles. The van der Waals surface area contributed by atoms with Crippen molar-refractivity contribution >= 4 is 0 Å². The Morgan fingerprint density at radius 1 is 1.16 bits per heavy atom. The van der Waals surface area contributed by atoms with Gasteiger partial charge in [-0.3, -0.25) is 4.79 Å². The van der Waals surface area contributed by atoms with E-state index in [1.165, 1.54) is 12.1 Å². The third-order valence-electron chi connectivity index (χ3n) is 2.59. The second kappa shape index (κ2) is 4.49. The van der Waals surface area contributed by atoms with Crippen LogP contribution in [0.3, 0.4) is 0 Å². The lowest BCUT2D eigenvalue weighted by atomic mass is 10.1. The number of halogens is 4. The lowest BCUT2D eigenvalue weighted by Crippen LogP contribution is -2.27. The van der Waals surface area contributed by atoms with Gasteiger partial charge in [-0.15, -0.1) is 0 Å². The van der Waals surface area contributed by atoms with Gasteiger partial charge in [0, 0.05) is 12.6 Å². The smallest absolute Gasteiger partial charge is 0.304 e. The molecule has 0 bridgehead atoms. The van der Waals surface area contributed by atoms with Crippen molar-refractivity contribution in [2.75, 3.05) is 0 Å². The summed E-state index contributed by atoms with van der Waals surface area (Å²) in [5, 5.41) is 0. The van der Waals surface area contributed by atoms with E-state index in [4.69, 9.17) is 0 Å². The van der Waals surface area contributed by atoms with Crippen LogP contribution in [0.1, 0.15) is 5.69 Å². The maximum Gasteiger partial charge on any atom is 0.433 e. The zero-order valence-corrected chi connectivity index (χ0v) is 9.70. The normalized spacial score (nSPS) is 11.6. The predicted octanol–water partition coefficient (Wildman–Crippen LogP) is 2.61. The molecule has 0 saturated heterocycles. The summed E-state index contributed by atoms with van der Waals surface area (Å²) in [5.74, 6) is -0.507. The molecule has 0 aliphatic heterocycles. The molecular formula is C12H8F4N2O. The lowest BCUT2D eigenvalue weighted by molar-refractivity contribution is -0.144. The van der Waals surface area contributed by atoms with E-state index in [1.807, 2.05) is 0 Å². The van der Waals surface area contributed by atoms with E-state index in [-0.39, 0.29) is 11.3 Å². The molecule has 7 heteroatoms. The maximum atomic E-state index is 12.8. The molecule has 19 heavy (non-hydrogen) atoms. The van der Waals surface area contributed by atoms with Crippen molar-refractivity contribution in [3.8, 4) is 11.3 Å².